The number of morpholine rings is 1. The second-order valence-electron chi connectivity index (χ2n) is 3.44. The maximum Gasteiger partial charge on any atom is 0.232 e. The van der Waals surface area contributed by atoms with Crippen LogP contribution in [0.25, 0.3) is 0 Å². The minimum absolute atomic E-state index is 0.00123. The molecule has 1 fully saturated rings. The monoisotopic (exact) mass is 237 g/mol. The summed E-state index contributed by atoms with van der Waals surface area (Å²) in [5, 5.41) is 0. The zero-order valence-corrected chi connectivity index (χ0v) is 10.1. The molecule has 1 heterocycles. The number of nitrogens with zero attached hydrogens (tertiary/aromatic N) is 1. The number of hydrogen-bond donors (Lipinski definition) is 0. The Morgan fingerprint density at radius 3 is 3.00 bits per heavy atom. The normalized spacial score (nSPS) is 27.8. The van der Waals surface area contributed by atoms with E-state index >= 15 is 0 Å². The molecular weight excluding hydrogens is 222 g/mol. The molecule has 0 aromatic carbocycles. The van der Waals surface area contributed by atoms with Crippen molar-refractivity contribution in [2.75, 3.05) is 31.0 Å². The van der Waals surface area contributed by atoms with Crippen molar-refractivity contribution >= 4 is 29.3 Å². The van der Waals surface area contributed by atoms with Crippen molar-refractivity contribution in [1.82, 2.24) is 4.90 Å². The smallest absolute Gasteiger partial charge is 0.232 e. The van der Waals surface area contributed by atoms with Crippen LogP contribution in [0.1, 0.15) is 6.92 Å². The number of carbonyl (C=O) groups is 1. The maximum atomic E-state index is 11.7. The first kappa shape index (κ1) is 12.1. The van der Waals surface area contributed by atoms with Gasteiger partial charge in [0, 0.05) is 6.54 Å². The van der Waals surface area contributed by atoms with Crippen molar-refractivity contribution in [1.29, 1.82) is 0 Å². The Balaban J connectivity index is 2.51. The lowest BCUT2D eigenvalue weighted by molar-refractivity contribution is -0.140. The quantitative estimate of drug-likeness (QED) is 0.691. The van der Waals surface area contributed by atoms with Gasteiger partial charge >= 0.3 is 0 Å². The van der Waals surface area contributed by atoms with E-state index in [1.807, 2.05) is 18.1 Å². The van der Waals surface area contributed by atoms with Crippen LogP contribution in [-0.4, -0.2) is 54.0 Å². The van der Waals surface area contributed by atoms with Crippen molar-refractivity contribution in [2.24, 2.45) is 0 Å². The third-order valence-electron chi connectivity index (χ3n) is 2.27. The molecule has 0 N–H and O–H groups in total. The Bertz CT molecular complexity index is 203. The van der Waals surface area contributed by atoms with E-state index in [9.17, 15) is 4.79 Å². The zero-order chi connectivity index (χ0) is 10.6. The van der Waals surface area contributed by atoms with Crippen molar-refractivity contribution in [3.63, 3.8) is 0 Å². The predicted octanol–water partition coefficient (Wildman–Crippen LogP) is 1.20. The molecule has 3 nitrogen and oxygen atoms in total. The third kappa shape index (κ3) is 3.04. The van der Waals surface area contributed by atoms with Crippen LogP contribution in [0.2, 0.25) is 0 Å². The summed E-state index contributed by atoms with van der Waals surface area (Å²) < 4.78 is 5.47. The molecule has 1 aliphatic rings. The van der Waals surface area contributed by atoms with Gasteiger partial charge in [0.15, 0.2) is 0 Å². The van der Waals surface area contributed by atoms with E-state index in [-0.39, 0.29) is 18.1 Å². The van der Waals surface area contributed by atoms with Crippen molar-refractivity contribution in [2.45, 2.75) is 19.1 Å². The molecule has 0 aromatic rings. The second kappa shape index (κ2) is 5.83. The molecule has 5 heteroatoms. The molecule has 0 aromatic heterocycles. The lowest BCUT2D eigenvalue weighted by Gasteiger charge is -2.37. The summed E-state index contributed by atoms with van der Waals surface area (Å²) in [6, 6.07) is 0.175. The van der Waals surface area contributed by atoms with Crippen LogP contribution in [-0.2, 0) is 9.53 Å². The van der Waals surface area contributed by atoms with Gasteiger partial charge in [-0.25, -0.2) is 0 Å². The number of carbonyl (C=O) groups excluding carboxylic acids is 1. The van der Waals surface area contributed by atoms with Crippen LogP contribution in [0.3, 0.4) is 0 Å². The summed E-state index contributed by atoms with van der Waals surface area (Å²) in [7, 11) is 0. The highest BCUT2D eigenvalue weighted by Crippen LogP contribution is 2.14. The number of rotatable bonds is 3. The van der Waals surface area contributed by atoms with Gasteiger partial charge in [0.2, 0.25) is 5.91 Å². The average Bonchev–Trinajstić information content (AvgIpc) is 2.19. The van der Waals surface area contributed by atoms with Crippen LogP contribution in [0.5, 0.6) is 0 Å². The third-order valence-corrected chi connectivity index (χ3v) is 3.15. The first-order chi connectivity index (χ1) is 6.69. The molecule has 0 aliphatic carbocycles. The SMILES string of the molecule is CSCC(=O)N1CC(CCl)OCC1C. The van der Waals surface area contributed by atoms with Gasteiger partial charge in [0.25, 0.3) is 0 Å². The zero-order valence-electron chi connectivity index (χ0n) is 8.53. The molecule has 14 heavy (non-hydrogen) atoms. The first-order valence-corrected chi connectivity index (χ1v) is 6.57. The minimum atomic E-state index is -0.00123. The Kier molecular flexibility index (Phi) is 5.06. The van der Waals surface area contributed by atoms with Crippen molar-refractivity contribution in [3.05, 3.63) is 0 Å². The Labute approximate surface area is 94.1 Å². The molecule has 0 saturated carbocycles. The fraction of sp³-hybridized carbons (Fsp3) is 0.889. The van der Waals surface area contributed by atoms with E-state index in [1.165, 1.54) is 0 Å². The summed E-state index contributed by atoms with van der Waals surface area (Å²) in [5.41, 5.74) is 0. The van der Waals surface area contributed by atoms with Crippen LogP contribution >= 0.6 is 23.4 Å². The number of amides is 1. The van der Waals surface area contributed by atoms with E-state index in [0.717, 1.165) is 0 Å². The van der Waals surface area contributed by atoms with E-state index in [0.29, 0.717) is 24.8 Å². The number of thioether (sulfide) groups is 1. The molecule has 1 rings (SSSR count). The Hall–Kier alpha value is 0.0700. The number of alkyl halides is 1. The van der Waals surface area contributed by atoms with Crippen LogP contribution < -0.4 is 0 Å². The highest BCUT2D eigenvalue weighted by Gasteiger charge is 2.28. The standard InChI is InChI=1S/C9H16ClNO2S/c1-7-5-13-8(3-10)4-11(7)9(12)6-14-2/h7-8H,3-6H2,1-2H3. The van der Waals surface area contributed by atoms with Crippen LogP contribution in [0.4, 0.5) is 0 Å². The fourth-order valence-electron chi connectivity index (χ4n) is 1.46. The lowest BCUT2D eigenvalue weighted by Crippen LogP contribution is -2.52. The lowest BCUT2D eigenvalue weighted by atomic mass is 10.2. The van der Waals surface area contributed by atoms with E-state index < -0.39 is 0 Å². The molecule has 0 bridgehead atoms. The maximum absolute atomic E-state index is 11.7. The number of halogens is 1. The van der Waals surface area contributed by atoms with Gasteiger partial charge in [0.1, 0.15) is 0 Å². The van der Waals surface area contributed by atoms with Gasteiger partial charge in [-0.05, 0) is 13.2 Å². The molecule has 1 saturated heterocycles. The molecule has 0 spiro atoms. The molecule has 1 aliphatic heterocycles. The van der Waals surface area contributed by atoms with Gasteiger partial charge in [-0.15, -0.1) is 11.6 Å². The Morgan fingerprint density at radius 1 is 1.71 bits per heavy atom. The predicted molar refractivity (Wildman–Crippen MR) is 60.0 cm³/mol. The second-order valence-corrected chi connectivity index (χ2v) is 4.61. The van der Waals surface area contributed by atoms with E-state index in [2.05, 4.69) is 0 Å². The summed E-state index contributed by atoms with van der Waals surface area (Å²) in [6.07, 6.45) is 1.93. The first-order valence-electron chi connectivity index (χ1n) is 4.65. The fourth-order valence-corrected chi connectivity index (χ4v) is 2.06. The molecule has 82 valence electrons. The van der Waals surface area contributed by atoms with Gasteiger partial charge in [-0.1, -0.05) is 0 Å². The Morgan fingerprint density at radius 2 is 2.43 bits per heavy atom. The van der Waals surface area contributed by atoms with Gasteiger partial charge in [-0.2, -0.15) is 11.8 Å². The van der Waals surface area contributed by atoms with Crippen molar-refractivity contribution in [3.8, 4) is 0 Å². The van der Waals surface area contributed by atoms with Gasteiger partial charge in [0.05, 0.1) is 30.4 Å². The van der Waals surface area contributed by atoms with Crippen LogP contribution in [0, 0.1) is 0 Å². The largest absolute Gasteiger partial charge is 0.373 e. The highest BCUT2D eigenvalue weighted by atomic mass is 35.5. The number of ether oxygens (including phenoxy) is 1. The molecular formula is C9H16ClNO2S. The summed E-state index contributed by atoms with van der Waals surface area (Å²) in [6.45, 7) is 3.23. The molecule has 2 unspecified atom stereocenters. The summed E-state index contributed by atoms with van der Waals surface area (Å²) in [5.74, 6) is 1.18. The van der Waals surface area contributed by atoms with Gasteiger partial charge in [-0.3, -0.25) is 4.79 Å². The van der Waals surface area contributed by atoms with E-state index in [1.54, 1.807) is 11.8 Å². The minimum Gasteiger partial charge on any atom is -0.373 e. The summed E-state index contributed by atoms with van der Waals surface area (Å²) in [4.78, 5) is 13.5. The summed E-state index contributed by atoms with van der Waals surface area (Å²) >= 11 is 7.26. The van der Waals surface area contributed by atoms with Crippen molar-refractivity contribution < 1.29 is 9.53 Å². The van der Waals surface area contributed by atoms with Gasteiger partial charge < -0.3 is 9.64 Å². The topological polar surface area (TPSA) is 29.5 Å². The van der Waals surface area contributed by atoms with Crippen LogP contribution in [0.15, 0.2) is 0 Å². The molecule has 0 radical (unpaired) electrons. The van der Waals surface area contributed by atoms with E-state index in [4.69, 9.17) is 16.3 Å². The highest BCUT2D eigenvalue weighted by molar-refractivity contribution is 7.99. The molecule has 1 amide bonds. The molecule has 2 atom stereocenters. The number of hydrogen-bond acceptors (Lipinski definition) is 3. The average molecular weight is 238 g/mol.